The highest BCUT2D eigenvalue weighted by atomic mass is 32.2. The van der Waals surface area contributed by atoms with Gasteiger partial charge in [-0.25, -0.2) is 13.2 Å². The van der Waals surface area contributed by atoms with Gasteiger partial charge in [0, 0.05) is 24.7 Å². The molecule has 1 aromatic heterocycles. The number of carbonyl (C=O) groups is 1. The highest BCUT2D eigenvalue weighted by molar-refractivity contribution is 7.92. The van der Waals surface area contributed by atoms with Gasteiger partial charge in [-0.2, -0.15) is 0 Å². The van der Waals surface area contributed by atoms with Crippen LogP contribution in [0.1, 0.15) is 30.1 Å². The highest BCUT2D eigenvalue weighted by Crippen LogP contribution is 2.33. The highest BCUT2D eigenvalue weighted by Gasteiger charge is 2.28. The summed E-state index contributed by atoms with van der Waals surface area (Å²) >= 11 is 0. The van der Waals surface area contributed by atoms with Gasteiger partial charge in [0.05, 0.1) is 29.6 Å². The van der Waals surface area contributed by atoms with E-state index in [4.69, 9.17) is 4.74 Å². The summed E-state index contributed by atoms with van der Waals surface area (Å²) in [6.07, 6.45) is 3.40. The second kappa shape index (κ2) is 5.88. The van der Waals surface area contributed by atoms with Crippen molar-refractivity contribution in [3.8, 4) is 0 Å². The van der Waals surface area contributed by atoms with E-state index in [1.165, 1.54) is 11.4 Å². The summed E-state index contributed by atoms with van der Waals surface area (Å²) in [5.41, 5.74) is 1.77. The topological polar surface area (TPSA) is 68.6 Å². The standard InChI is InChI=1S/C16H20N2O4S/c1-3-17-8-6-13-14(17)10-12(16(19)22-2)11-15(13)18-7-4-5-9-23(18,20)21/h6,8,10-11H,3-5,7,9H2,1-2H3. The summed E-state index contributed by atoms with van der Waals surface area (Å²) in [5.74, 6) is -0.322. The van der Waals surface area contributed by atoms with Gasteiger partial charge < -0.3 is 9.30 Å². The fourth-order valence-corrected chi connectivity index (χ4v) is 4.70. The lowest BCUT2D eigenvalue weighted by Crippen LogP contribution is -2.38. The molecule has 7 heteroatoms. The Kier molecular flexibility index (Phi) is 4.06. The maximum atomic E-state index is 12.5. The van der Waals surface area contributed by atoms with E-state index in [0.717, 1.165) is 23.9 Å². The zero-order valence-corrected chi connectivity index (χ0v) is 14.1. The first-order valence-corrected chi connectivity index (χ1v) is 9.30. The molecule has 0 radical (unpaired) electrons. The van der Waals surface area contributed by atoms with Crippen molar-refractivity contribution in [3.63, 3.8) is 0 Å². The van der Waals surface area contributed by atoms with Crippen LogP contribution in [0.25, 0.3) is 10.9 Å². The number of hydrogen-bond acceptors (Lipinski definition) is 4. The quantitative estimate of drug-likeness (QED) is 0.807. The van der Waals surface area contributed by atoms with Crippen molar-refractivity contribution in [3.05, 3.63) is 30.0 Å². The Morgan fingerprint density at radius 1 is 1.30 bits per heavy atom. The van der Waals surface area contributed by atoms with Gasteiger partial charge >= 0.3 is 5.97 Å². The molecule has 0 atom stereocenters. The van der Waals surface area contributed by atoms with Crippen LogP contribution in [0.3, 0.4) is 0 Å². The summed E-state index contributed by atoms with van der Waals surface area (Å²) < 4.78 is 33.1. The third-order valence-corrected chi connectivity index (χ3v) is 6.10. The lowest BCUT2D eigenvalue weighted by Gasteiger charge is -2.29. The van der Waals surface area contributed by atoms with Gasteiger partial charge in [0.2, 0.25) is 10.0 Å². The third kappa shape index (κ3) is 2.69. The molecule has 23 heavy (non-hydrogen) atoms. The Morgan fingerprint density at radius 2 is 2.09 bits per heavy atom. The van der Waals surface area contributed by atoms with E-state index in [9.17, 15) is 13.2 Å². The smallest absolute Gasteiger partial charge is 0.337 e. The molecule has 0 unspecified atom stereocenters. The predicted molar refractivity (Wildman–Crippen MR) is 89.3 cm³/mol. The lowest BCUT2D eigenvalue weighted by atomic mass is 10.1. The van der Waals surface area contributed by atoms with Crippen LogP contribution in [-0.4, -0.2) is 38.4 Å². The molecule has 0 aliphatic carbocycles. The second-order valence-corrected chi connectivity index (χ2v) is 7.63. The maximum Gasteiger partial charge on any atom is 0.337 e. The van der Waals surface area contributed by atoms with Crippen LogP contribution in [0, 0.1) is 0 Å². The molecular weight excluding hydrogens is 316 g/mol. The van der Waals surface area contributed by atoms with E-state index in [-0.39, 0.29) is 5.75 Å². The number of rotatable bonds is 3. The number of methoxy groups -OCH3 is 1. The Balaban J connectivity index is 2.26. The molecule has 0 N–H and O–H groups in total. The molecular formula is C16H20N2O4S. The van der Waals surface area contributed by atoms with Gasteiger partial charge in [0.25, 0.3) is 0 Å². The number of aryl methyl sites for hydroxylation is 1. The molecule has 0 amide bonds. The first kappa shape index (κ1) is 15.9. The monoisotopic (exact) mass is 336 g/mol. The van der Waals surface area contributed by atoms with E-state index >= 15 is 0 Å². The minimum absolute atomic E-state index is 0.144. The van der Waals surface area contributed by atoms with Gasteiger partial charge in [-0.15, -0.1) is 0 Å². The molecule has 0 saturated carbocycles. The molecule has 1 fully saturated rings. The number of fused-ring (bicyclic) bond motifs is 1. The van der Waals surface area contributed by atoms with E-state index in [1.54, 1.807) is 12.1 Å². The van der Waals surface area contributed by atoms with Crippen LogP contribution >= 0.6 is 0 Å². The lowest BCUT2D eigenvalue weighted by molar-refractivity contribution is 0.0601. The Hall–Kier alpha value is -2.02. The largest absolute Gasteiger partial charge is 0.465 e. The van der Waals surface area contributed by atoms with Crippen molar-refractivity contribution in [2.24, 2.45) is 0 Å². The number of esters is 1. The van der Waals surface area contributed by atoms with Crippen molar-refractivity contribution >= 4 is 32.6 Å². The fraction of sp³-hybridized carbons (Fsp3) is 0.438. The summed E-state index contributed by atoms with van der Waals surface area (Å²) in [6, 6.07) is 5.28. The number of anilines is 1. The fourth-order valence-electron chi connectivity index (χ4n) is 3.05. The number of ether oxygens (including phenoxy) is 1. The van der Waals surface area contributed by atoms with E-state index in [0.29, 0.717) is 24.2 Å². The van der Waals surface area contributed by atoms with Crippen LogP contribution in [0.2, 0.25) is 0 Å². The molecule has 0 spiro atoms. The third-order valence-electron chi connectivity index (χ3n) is 4.25. The Morgan fingerprint density at radius 3 is 2.74 bits per heavy atom. The predicted octanol–water partition coefficient (Wildman–Crippen LogP) is 2.38. The van der Waals surface area contributed by atoms with Gasteiger partial charge in [0.1, 0.15) is 0 Å². The number of hydrogen-bond donors (Lipinski definition) is 0. The van der Waals surface area contributed by atoms with Gasteiger partial charge in [-0.3, -0.25) is 4.31 Å². The average molecular weight is 336 g/mol. The maximum absolute atomic E-state index is 12.5. The van der Waals surface area contributed by atoms with Crippen LogP contribution in [0.15, 0.2) is 24.4 Å². The molecule has 2 heterocycles. The average Bonchev–Trinajstić information content (AvgIpc) is 2.96. The Bertz CT molecular complexity index is 854. The zero-order valence-electron chi connectivity index (χ0n) is 13.3. The van der Waals surface area contributed by atoms with Crippen molar-refractivity contribution in [2.45, 2.75) is 26.3 Å². The number of nitrogens with zero attached hydrogens (tertiary/aromatic N) is 2. The SMILES string of the molecule is CCn1ccc2c(N3CCCCS3(=O)=O)cc(C(=O)OC)cc21. The molecule has 6 nitrogen and oxygen atoms in total. The Labute approximate surface area is 135 Å². The summed E-state index contributed by atoms with van der Waals surface area (Å²) in [6.45, 7) is 3.18. The second-order valence-electron chi connectivity index (χ2n) is 5.62. The van der Waals surface area contributed by atoms with E-state index < -0.39 is 16.0 Å². The minimum atomic E-state index is -3.34. The van der Waals surface area contributed by atoms with Crippen LogP contribution < -0.4 is 4.31 Å². The zero-order chi connectivity index (χ0) is 16.6. The minimum Gasteiger partial charge on any atom is -0.465 e. The van der Waals surface area contributed by atoms with Gasteiger partial charge in [-0.1, -0.05) is 0 Å². The summed E-state index contributed by atoms with van der Waals surface area (Å²) in [5, 5.41) is 0.838. The number of carbonyl (C=O) groups excluding carboxylic acids is 1. The molecule has 2 aromatic rings. The van der Waals surface area contributed by atoms with Crippen LogP contribution in [-0.2, 0) is 21.3 Å². The van der Waals surface area contributed by atoms with Crippen molar-refractivity contribution in [2.75, 3.05) is 23.7 Å². The number of aromatic nitrogens is 1. The summed E-state index contributed by atoms with van der Waals surface area (Å²) in [4.78, 5) is 12.0. The first-order chi connectivity index (χ1) is 11.0. The normalized spacial score (nSPS) is 17.4. The molecule has 3 rings (SSSR count). The molecule has 0 bridgehead atoms. The molecule has 1 aliphatic heterocycles. The van der Waals surface area contributed by atoms with Crippen LogP contribution in [0.5, 0.6) is 0 Å². The van der Waals surface area contributed by atoms with E-state index in [1.807, 2.05) is 23.8 Å². The number of benzene rings is 1. The molecule has 1 aromatic carbocycles. The van der Waals surface area contributed by atoms with Crippen molar-refractivity contribution in [1.82, 2.24) is 4.57 Å². The van der Waals surface area contributed by atoms with Gasteiger partial charge in [0.15, 0.2) is 0 Å². The van der Waals surface area contributed by atoms with Gasteiger partial charge in [-0.05, 0) is 38.0 Å². The van der Waals surface area contributed by atoms with Crippen molar-refractivity contribution in [1.29, 1.82) is 0 Å². The summed E-state index contributed by atoms with van der Waals surface area (Å²) in [7, 11) is -2.02. The first-order valence-electron chi connectivity index (χ1n) is 7.69. The van der Waals surface area contributed by atoms with Crippen LogP contribution in [0.4, 0.5) is 5.69 Å². The number of sulfonamides is 1. The molecule has 1 aliphatic rings. The van der Waals surface area contributed by atoms with Crippen molar-refractivity contribution < 1.29 is 17.9 Å². The molecule has 124 valence electrons. The van der Waals surface area contributed by atoms with E-state index in [2.05, 4.69) is 0 Å². The molecule has 1 saturated heterocycles.